The van der Waals surface area contributed by atoms with Crippen LogP contribution in [-0.2, 0) is 9.53 Å². The first-order valence-electron chi connectivity index (χ1n) is 10.1. The zero-order chi connectivity index (χ0) is 19.1. The Hall–Kier alpha value is -1.98. The van der Waals surface area contributed by atoms with Crippen molar-refractivity contribution in [3.8, 4) is 0 Å². The molecule has 0 radical (unpaired) electrons. The van der Waals surface area contributed by atoms with Gasteiger partial charge in [-0.15, -0.1) is 0 Å². The highest BCUT2D eigenvalue weighted by atomic mass is 19.1. The van der Waals surface area contributed by atoms with E-state index in [9.17, 15) is 14.0 Å². The summed E-state index contributed by atoms with van der Waals surface area (Å²) in [6.45, 7) is 4.84. The van der Waals surface area contributed by atoms with Crippen LogP contribution >= 0.6 is 0 Å². The van der Waals surface area contributed by atoms with Crippen LogP contribution in [0.3, 0.4) is 0 Å². The molecule has 3 fully saturated rings. The summed E-state index contributed by atoms with van der Waals surface area (Å²) in [5.41, 5.74) is 0.236. The van der Waals surface area contributed by atoms with E-state index < -0.39 is 5.82 Å². The third kappa shape index (κ3) is 3.85. The standard InChI is InChI=1S/C21H27FN2O3/c1-12-7-14-9-16(8-12)19(27-21(26)15-3-4-15)13(2)24(11-14)20(25)18-6-5-17(22)10-23-18/h5-6,10,12-16,19H,3-4,7-9,11H2,1-2H3/t12-,13+,14+,16-,19+/m1/s1. The van der Waals surface area contributed by atoms with Gasteiger partial charge in [0.05, 0.1) is 18.2 Å². The summed E-state index contributed by atoms with van der Waals surface area (Å²) in [6.07, 6.45) is 5.69. The molecule has 1 amide bonds. The molecule has 4 rings (SSSR count). The Morgan fingerprint density at radius 1 is 1.19 bits per heavy atom. The van der Waals surface area contributed by atoms with Crippen LogP contribution in [0.1, 0.15) is 56.4 Å². The Morgan fingerprint density at radius 3 is 2.63 bits per heavy atom. The van der Waals surface area contributed by atoms with Gasteiger partial charge in [0.2, 0.25) is 0 Å². The monoisotopic (exact) mass is 374 g/mol. The lowest BCUT2D eigenvalue weighted by atomic mass is 9.74. The van der Waals surface area contributed by atoms with Crippen molar-refractivity contribution in [1.29, 1.82) is 0 Å². The van der Waals surface area contributed by atoms with E-state index >= 15 is 0 Å². The Morgan fingerprint density at radius 2 is 1.96 bits per heavy atom. The summed E-state index contributed by atoms with van der Waals surface area (Å²) in [6, 6.07) is 2.47. The fourth-order valence-corrected chi connectivity index (χ4v) is 4.90. The topological polar surface area (TPSA) is 59.5 Å². The summed E-state index contributed by atoms with van der Waals surface area (Å²) in [5.74, 6) is 0.496. The van der Waals surface area contributed by atoms with Crippen LogP contribution in [0.15, 0.2) is 18.3 Å². The number of nitrogens with zero attached hydrogens (tertiary/aromatic N) is 2. The van der Waals surface area contributed by atoms with Crippen molar-refractivity contribution in [2.24, 2.45) is 23.7 Å². The van der Waals surface area contributed by atoms with Crippen molar-refractivity contribution in [2.45, 2.75) is 58.1 Å². The van der Waals surface area contributed by atoms with Crippen molar-refractivity contribution in [3.05, 3.63) is 29.8 Å². The zero-order valence-corrected chi connectivity index (χ0v) is 15.9. The summed E-state index contributed by atoms with van der Waals surface area (Å²) in [7, 11) is 0. The molecule has 1 aromatic rings. The number of ether oxygens (including phenoxy) is 1. The van der Waals surface area contributed by atoms with Crippen LogP contribution in [0.4, 0.5) is 4.39 Å². The first-order chi connectivity index (χ1) is 12.9. The zero-order valence-electron chi connectivity index (χ0n) is 15.9. The maximum absolute atomic E-state index is 13.2. The fraction of sp³-hybridized carbons (Fsp3) is 0.667. The summed E-state index contributed by atoms with van der Waals surface area (Å²) < 4.78 is 19.2. The molecule has 1 aliphatic heterocycles. The van der Waals surface area contributed by atoms with Gasteiger partial charge in [0.25, 0.3) is 5.91 Å². The van der Waals surface area contributed by atoms with Gasteiger partial charge in [-0.05, 0) is 68.9 Å². The van der Waals surface area contributed by atoms with Crippen molar-refractivity contribution in [1.82, 2.24) is 9.88 Å². The Kier molecular flexibility index (Phi) is 4.91. The number of esters is 1. The highest BCUT2D eigenvalue weighted by Gasteiger charge is 2.45. The number of carbonyl (C=O) groups is 2. The molecule has 27 heavy (non-hydrogen) atoms. The normalized spacial score (nSPS) is 33.3. The SMILES string of the molecule is C[C@@H]1C[C@H]2C[C@@H](C1)[C@@H](OC(=O)C1CC1)[C@H](C)N(C(=O)c1ccc(F)cn1)C2. The Bertz CT molecular complexity index is 719. The number of fused-ring (bicyclic) bond motifs is 2. The maximum Gasteiger partial charge on any atom is 0.309 e. The molecule has 0 spiro atoms. The minimum absolute atomic E-state index is 0.0418. The maximum atomic E-state index is 13.2. The molecular weight excluding hydrogens is 347 g/mol. The van der Waals surface area contributed by atoms with Gasteiger partial charge in [-0.2, -0.15) is 0 Å². The molecule has 146 valence electrons. The summed E-state index contributed by atoms with van der Waals surface area (Å²) >= 11 is 0. The van der Waals surface area contributed by atoms with Crippen molar-refractivity contribution < 1.29 is 18.7 Å². The van der Waals surface area contributed by atoms with Gasteiger partial charge >= 0.3 is 5.97 Å². The third-order valence-electron chi connectivity index (χ3n) is 6.33. The van der Waals surface area contributed by atoms with Gasteiger partial charge in [-0.1, -0.05) is 6.92 Å². The number of hydrogen-bond acceptors (Lipinski definition) is 4. The van der Waals surface area contributed by atoms with E-state index in [4.69, 9.17) is 4.74 Å². The smallest absolute Gasteiger partial charge is 0.309 e. The van der Waals surface area contributed by atoms with E-state index in [1.54, 1.807) is 4.90 Å². The molecule has 0 N–H and O–H groups in total. The van der Waals surface area contributed by atoms with Crippen LogP contribution in [-0.4, -0.2) is 40.5 Å². The van der Waals surface area contributed by atoms with Gasteiger partial charge in [0.15, 0.2) is 0 Å². The molecule has 2 heterocycles. The minimum atomic E-state index is -0.462. The van der Waals surface area contributed by atoms with Crippen molar-refractivity contribution in [2.75, 3.05) is 6.54 Å². The van der Waals surface area contributed by atoms with E-state index in [2.05, 4.69) is 11.9 Å². The van der Waals surface area contributed by atoms with Gasteiger partial charge in [-0.25, -0.2) is 9.37 Å². The number of aromatic nitrogens is 1. The van der Waals surface area contributed by atoms with Crippen LogP contribution < -0.4 is 0 Å². The molecule has 3 aliphatic rings. The predicted octanol–water partition coefficient (Wildman–Crippen LogP) is 3.44. The Labute approximate surface area is 159 Å². The fourth-order valence-electron chi connectivity index (χ4n) is 4.90. The van der Waals surface area contributed by atoms with Gasteiger partial charge in [0, 0.05) is 6.54 Å². The highest BCUT2D eigenvalue weighted by Crippen LogP contribution is 2.42. The number of likely N-dealkylation sites (tertiary alicyclic amines) is 1. The molecule has 1 aromatic heterocycles. The van der Waals surface area contributed by atoms with E-state index in [-0.39, 0.29) is 41.6 Å². The molecule has 6 heteroatoms. The molecule has 0 aromatic carbocycles. The van der Waals surface area contributed by atoms with E-state index in [0.29, 0.717) is 18.4 Å². The second-order valence-corrected chi connectivity index (χ2v) is 8.67. The summed E-state index contributed by atoms with van der Waals surface area (Å²) in [5, 5.41) is 0. The summed E-state index contributed by atoms with van der Waals surface area (Å²) in [4.78, 5) is 31.3. The molecule has 0 unspecified atom stereocenters. The van der Waals surface area contributed by atoms with Gasteiger partial charge in [-0.3, -0.25) is 9.59 Å². The number of pyridine rings is 1. The first kappa shape index (κ1) is 18.4. The van der Waals surface area contributed by atoms with Crippen LogP contribution in [0.5, 0.6) is 0 Å². The molecule has 2 saturated carbocycles. The number of rotatable bonds is 3. The first-order valence-corrected chi connectivity index (χ1v) is 10.1. The van der Waals surface area contributed by atoms with Gasteiger partial charge < -0.3 is 9.64 Å². The lowest BCUT2D eigenvalue weighted by Crippen LogP contribution is -2.48. The quantitative estimate of drug-likeness (QED) is 0.761. The van der Waals surface area contributed by atoms with Crippen LogP contribution in [0.2, 0.25) is 0 Å². The number of halogens is 1. The number of carbonyl (C=O) groups excluding carboxylic acids is 2. The van der Waals surface area contributed by atoms with Crippen LogP contribution in [0.25, 0.3) is 0 Å². The number of amides is 1. The van der Waals surface area contributed by atoms with E-state index in [1.165, 1.54) is 12.1 Å². The molecule has 1 saturated heterocycles. The minimum Gasteiger partial charge on any atom is -0.460 e. The Balaban J connectivity index is 1.60. The second-order valence-electron chi connectivity index (χ2n) is 8.67. The van der Waals surface area contributed by atoms with E-state index in [0.717, 1.165) is 38.3 Å². The largest absolute Gasteiger partial charge is 0.460 e. The van der Waals surface area contributed by atoms with Crippen LogP contribution in [0, 0.1) is 29.5 Å². The molecule has 2 aliphatic carbocycles. The van der Waals surface area contributed by atoms with Crippen molar-refractivity contribution >= 4 is 11.9 Å². The van der Waals surface area contributed by atoms with Gasteiger partial charge in [0.1, 0.15) is 17.6 Å². The number of hydrogen-bond donors (Lipinski definition) is 0. The average molecular weight is 374 g/mol. The third-order valence-corrected chi connectivity index (χ3v) is 6.33. The van der Waals surface area contributed by atoms with Crippen molar-refractivity contribution in [3.63, 3.8) is 0 Å². The average Bonchev–Trinajstić information content (AvgIpc) is 3.48. The molecule has 2 bridgehead atoms. The lowest BCUT2D eigenvalue weighted by Gasteiger charge is -2.36. The second kappa shape index (κ2) is 7.21. The molecule has 5 atom stereocenters. The molecular formula is C21H27FN2O3. The predicted molar refractivity (Wildman–Crippen MR) is 97.3 cm³/mol. The van der Waals surface area contributed by atoms with E-state index in [1.807, 2.05) is 6.92 Å². The highest BCUT2D eigenvalue weighted by molar-refractivity contribution is 5.92. The lowest BCUT2D eigenvalue weighted by molar-refractivity contribution is -0.157. The molecule has 5 nitrogen and oxygen atoms in total.